The average molecular weight is 389 g/mol. The predicted octanol–water partition coefficient (Wildman–Crippen LogP) is 3.42. The van der Waals surface area contributed by atoms with Crippen LogP contribution in [0.1, 0.15) is 18.9 Å². The molecule has 3 aromatic rings. The van der Waals surface area contributed by atoms with Crippen LogP contribution in [-0.2, 0) is 16.5 Å². The maximum Gasteiger partial charge on any atom is 0.346 e. The van der Waals surface area contributed by atoms with Gasteiger partial charge in [-0.2, -0.15) is 8.42 Å². The van der Waals surface area contributed by atoms with E-state index in [9.17, 15) is 23.3 Å². The van der Waals surface area contributed by atoms with Gasteiger partial charge in [0.05, 0.1) is 4.92 Å². The Hall–Kier alpha value is -3.20. The lowest BCUT2D eigenvalue weighted by molar-refractivity contribution is -0.387. The lowest BCUT2D eigenvalue weighted by atomic mass is 10.1. The summed E-state index contributed by atoms with van der Waals surface area (Å²) in [7, 11) is -4.45. The lowest BCUT2D eigenvalue weighted by Crippen LogP contribution is -2.12. The van der Waals surface area contributed by atoms with Crippen molar-refractivity contribution in [2.75, 3.05) is 0 Å². The molecule has 8 nitrogen and oxygen atoms in total. The third-order valence-electron chi connectivity index (χ3n) is 3.86. The highest BCUT2D eigenvalue weighted by atomic mass is 32.2. The molecule has 0 fully saturated rings. The van der Waals surface area contributed by atoms with Crippen LogP contribution in [0.15, 0.2) is 62.6 Å². The smallest absolute Gasteiger partial charge is 0.346 e. The van der Waals surface area contributed by atoms with Crippen LogP contribution in [0.4, 0.5) is 5.69 Å². The summed E-state index contributed by atoms with van der Waals surface area (Å²) in [5.74, 6) is -0.113. The summed E-state index contributed by atoms with van der Waals surface area (Å²) in [6, 6.07) is 10.6. The first-order chi connectivity index (χ1) is 12.8. The average Bonchev–Trinajstić information content (AvgIpc) is 2.61. The third kappa shape index (κ3) is 3.82. The predicted molar refractivity (Wildman–Crippen MR) is 97.4 cm³/mol. The molecule has 0 spiro atoms. The molecule has 0 radical (unpaired) electrons. The van der Waals surface area contributed by atoms with E-state index >= 15 is 0 Å². The Morgan fingerprint density at radius 2 is 1.89 bits per heavy atom. The minimum atomic E-state index is -4.45. The zero-order valence-electron chi connectivity index (χ0n) is 14.2. The van der Waals surface area contributed by atoms with Crippen molar-refractivity contribution in [3.8, 4) is 5.75 Å². The zero-order valence-corrected chi connectivity index (χ0v) is 15.1. The van der Waals surface area contributed by atoms with Crippen molar-refractivity contribution in [2.45, 2.75) is 24.7 Å². The molecule has 9 heteroatoms. The van der Waals surface area contributed by atoms with Crippen LogP contribution < -0.4 is 9.81 Å². The number of hydrogen-bond acceptors (Lipinski definition) is 7. The molecule has 0 atom stereocenters. The van der Waals surface area contributed by atoms with Crippen LogP contribution in [0.5, 0.6) is 5.75 Å². The highest BCUT2D eigenvalue weighted by Crippen LogP contribution is 2.29. The van der Waals surface area contributed by atoms with E-state index in [-0.39, 0.29) is 11.3 Å². The fourth-order valence-electron chi connectivity index (χ4n) is 2.73. The summed E-state index contributed by atoms with van der Waals surface area (Å²) in [6.07, 6.45) is 1.49. The summed E-state index contributed by atoms with van der Waals surface area (Å²) in [4.78, 5) is 21.4. The molecule has 1 heterocycles. The first-order valence-corrected chi connectivity index (χ1v) is 9.47. The molecule has 0 aliphatic heterocycles. The number of para-hydroxylation sites is 1. The fourth-order valence-corrected chi connectivity index (χ4v) is 3.82. The fraction of sp³-hybridized carbons (Fsp3) is 0.167. The second-order valence-electron chi connectivity index (χ2n) is 5.76. The first-order valence-electron chi connectivity index (χ1n) is 8.06. The van der Waals surface area contributed by atoms with E-state index in [1.54, 1.807) is 6.07 Å². The van der Waals surface area contributed by atoms with Crippen molar-refractivity contribution in [1.29, 1.82) is 0 Å². The first kappa shape index (κ1) is 18.6. The van der Waals surface area contributed by atoms with Crippen LogP contribution in [0, 0.1) is 10.1 Å². The maximum atomic E-state index is 12.5. The minimum Gasteiger partial charge on any atom is -0.423 e. The van der Waals surface area contributed by atoms with Crippen molar-refractivity contribution in [1.82, 2.24) is 0 Å². The number of rotatable bonds is 6. The summed E-state index contributed by atoms with van der Waals surface area (Å²) in [6.45, 7) is 1.97. The second kappa shape index (κ2) is 7.20. The molecule has 0 aliphatic carbocycles. The van der Waals surface area contributed by atoms with Gasteiger partial charge in [-0.25, -0.2) is 4.79 Å². The molecule has 0 amide bonds. The van der Waals surface area contributed by atoms with Crippen LogP contribution >= 0.6 is 0 Å². The molecule has 0 saturated carbocycles. The molecule has 1 aromatic heterocycles. The van der Waals surface area contributed by atoms with E-state index in [0.29, 0.717) is 11.8 Å². The van der Waals surface area contributed by atoms with Crippen LogP contribution in [0.3, 0.4) is 0 Å². The maximum absolute atomic E-state index is 12.5. The normalized spacial score (nSPS) is 11.4. The van der Waals surface area contributed by atoms with Crippen LogP contribution in [0.25, 0.3) is 11.0 Å². The molecule has 3 rings (SSSR count). The van der Waals surface area contributed by atoms with Gasteiger partial charge in [0.15, 0.2) is 4.90 Å². The van der Waals surface area contributed by atoms with Crippen molar-refractivity contribution in [3.05, 3.63) is 74.6 Å². The van der Waals surface area contributed by atoms with Gasteiger partial charge < -0.3 is 8.60 Å². The van der Waals surface area contributed by atoms with Crippen LogP contribution in [-0.4, -0.2) is 13.3 Å². The highest BCUT2D eigenvalue weighted by Gasteiger charge is 2.27. The molecule has 0 bridgehead atoms. The number of nitro benzene ring substituents is 1. The molecule has 140 valence electrons. The Bertz CT molecular complexity index is 1180. The van der Waals surface area contributed by atoms with Gasteiger partial charge in [0.1, 0.15) is 11.3 Å². The number of benzene rings is 2. The number of nitro groups is 1. The summed E-state index contributed by atoms with van der Waals surface area (Å²) < 4.78 is 35.1. The van der Waals surface area contributed by atoms with Crippen molar-refractivity contribution >= 4 is 26.8 Å². The number of aryl methyl sites for hydroxylation is 1. The Labute approximate surface area is 154 Å². The molecular weight excluding hydrogens is 374 g/mol. The number of fused-ring (bicyclic) bond motifs is 1. The monoisotopic (exact) mass is 389 g/mol. The van der Waals surface area contributed by atoms with Crippen molar-refractivity contribution in [3.63, 3.8) is 0 Å². The molecule has 27 heavy (non-hydrogen) atoms. The van der Waals surface area contributed by atoms with E-state index in [4.69, 9.17) is 8.60 Å². The summed E-state index contributed by atoms with van der Waals surface area (Å²) in [5.41, 5.74) is -0.169. The van der Waals surface area contributed by atoms with E-state index in [1.807, 2.05) is 6.92 Å². The summed E-state index contributed by atoms with van der Waals surface area (Å²) in [5, 5.41) is 11.7. The van der Waals surface area contributed by atoms with Gasteiger partial charge in [-0.3, -0.25) is 10.1 Å². The molecule has 2 aromatic carbocycles. The van der Waals surface area contributed by atoms with Gasteiger partial charge in [0.25, 0.3) is 5.69 Å². The molecular formula is C18H15NO7S. The van der Waals surface area contributed by atoms with E-state index in [0.717, 1.165) is 24.1 Å². The topological polar surface area (TPSA) is 117 Å². The Morgan fingerprint density at radius 1 is 1.15 bits per heavy atom. The van der Waals surface area contributed by atoms with Crippen molar-refractivity contribution < 1.29 is 21.9 Å². The zero-order chi connectivity index (χ0) is 19.6. The highest BCUT2D eigenvalue weighted by molar-refractivity contribution is 7.87. The molecule has 0 N–H and O–H groups in total. The van der Waals surface area contributed by atoms with Crippen molar-refractivity contribution in [2.24, 2.45) is 0 Å². The quantitative estimate of drug-likeness (QED) is 0.274. The Morgan fingerprint density at radius 3 is 2.59 bits per heavy atom. The largest absolute Gasteiger partial charge is 0.423 e. The van der Waals surface area contributed by atoms with Gasteiger partial charge >= 0.3 is 15.7 Å². The molecule has 0 saturated heterocycles. The Kier molecular flexibility index (Phi) is 4.95. The lowest BCUT2D eigenvalue weighted by Gasteiger charge is -2.09. The summed E-state index contributed by atoms with van der Waals surface area (Å²) >= 11 is 0. The second-order valence-corrected chi connectivity index (χ2v) is 7.28. The van der Waals surface area contributed by atoms with Crippen LogP contribution in [0.2, 0.25) is 0 Å². The number of nitrogens with zero attached hydrogens (tertiary/aromatic N) is 1. The molecule has 0 unspecified atom stereocenters. The van der Waals surface area contributed by atoms with Gasteiger partial charge in [0.2, 0.25) is 0 Å². The standard InChI is InChI=1S/C18H15NO7S/c1-2-5-12-10-18(20)25-16-11-13(8-9-14(12)16)26-27(23,24)17-7-4-3-6-15(17)19(21)22/h3-4,6-11H,2,5H2,1H3. The van der Waals surface area contributed by atoms with E-state index in [1.165, 1.54) is 30.3 Å². The van der Waals surface area contributed by atoms with Gasteiger partial charge in [0, 0.05) is 23.6 Å². The van der Waals surface area contributed by atoms with E-state index in [2.05, 4.69) is 0 Å². The SMILES string of the molecule is CCCc1cc(=O)oc2cc(OS(=O)(=O)c3ccccc3[N+](=O)[O-])ccc12. The minimum absolute atomic E-state index is 0.113. The van der Waals surface area contributed by atoms with Gasteiger partial charge in [-0.15, -0.1) is 0 Å². The van der Waals surface area contributed by atoms with Gasteiger partial charge in [-0.1, -0.05) is 25.5 Å². The molecule has 0 aliphatic rings. The van der Waals surface area contributed by atoms with Gasteiger partial charge in [-0.05, 0) is 30.2 Å². The number of hydrogen-bond donors (Lipinski definition) is 0. The Balaban J connectivity index is 2.04. The van der Waals surface area contributed by atoms with E-state index < -0.39 is 31.2 Å². The third-order valence-corrected chi connectivity index (χ3v) is 5.15.